The molecule has 0 radical (unpaired) electrons. The lowest BCUT2D eigenvalue weighted by atomic mass is 10.1. The summed E-state index contributed by atoms with van der Waals surface area (Å²) in [6.07, 6.45) is 1.55. The third kappa shape index (κ3) is 3.64. The van der Waals surface area contributed by atoms with Crippen molar-refractivity contribution in [2.45, 2.75) is 26.9 Å². The van der Waals surface area contributed by atoms with Gasteiger partial charge in [0.2, 0.25) is 0 Å². The molecule has 0 aliphatic carbocycles. The van der Waals surface area contributed by atoms with E-state index in [2.05, 4.69) is 10.4 Å². The summed E-state index contributed by atoms with van der Waals surface area (Å²) < 4.78 is 6.76. The summed E-state index contributed by atoms with van der Waals surface area (Å²) in [6, 6.07) is 10.6. The molecule has 8 nitrogen and oxygen atoms in total. The first-order chi connectivity index (χ1) is 12.5. The summed E-state index contributed by atoms with van der Waals surface area (Å²) in [7, 11) is 0. The fourth-order valence-electron chi connectivity index (χ4n) is 2.77. The lowest BCUT2D eigenvalue weighted by molar-refractivity contribution is -0.386. The fraction of sp³-hybridized carbons (Fsp3) is 0.222. The molecule has 0 aliphatic rings. The van der Waals surface area contributed by atoms with Crippen LogP contribution in [0.2, 0.25) is 0 Å². The molecule has 8 heteroatoms. The molecule has 134 valence electrons. The molecule has 26 heavy (non-hydrogen) atoms. The van der Waals surface area contributed by atoms with E-state index in [-0.39, 0.29) is 11.6 Å². The zero-order valence-electron chi connectivity index (χ0n) is 14.4. The number of nitro groups is 1. The van der Waals surface area contributed by atoms with Crippen molar-refractivity contribution >= 4 is 11.6 Å². The topological polar surface area (TPSA) is 103 Å². The maximum Gasteiger partial charge on any atom is 0.312 e. The zero-order chi connectivity index (χ0) is 18.7. The highest BCUT2D eigenvalue weighted by Crippen LogP contribution is 2.22. The molecule has 0 spiro atoms. The third-order valence-electron chi connectivity index (χ3n) is 4.05. The van der Waals surface area contributed by atoms with Gasteiger partial charge >= 0.3 is 5.69 Å². The standard InChI is InChI=1S/C18H18N4O4/c1-12-17(22(24)25)13(2)21(20-12)11-14-5-3-6-15(9-14)18(23)19-10-16-7-4-8-26-16/h3-9H,10-11H2,1-2H3,(H,19,23). The molecule has 1 amide bonds. The molecule has 0 saturated heterocycles. The van der Waals surface area contributed by atoms with Crippen molar-refractivity contribution in [3.8, 4) is 0 Å². The minimum Gasteiger partial charge on any atom is -0.467 e. The zero-order valence-corrected chi connectivity index (χ0v) is 14.4. The van der Waals surface area contributed by atoms with Crippen molar-refractivity contribution in [1.29, 1.82) is 0 Å². The summed E-state index contributed by atoms with van der Waals surface area (Å²) in [4.78, 5) is 23.0. The van der Waals surface area contributed by atoms with E-state index >= 15 is 0 Å². The first kappa shape index (κ1) is 17.4. The van der Waals surface area contributed by atoms with Crippen molar-refractivity contribution in [3.63, 3.8) is 0 Å². The number of aryl methyl sites for hydroxylation is 1. The number of hydrogen-bond donors (Lipinski definition) is 1. The number of nitrogens with one attached hydrogen (secondary N) is 1. The van der Waals surface area contributed by atoms with Crippen LogP contribution in [0, 0.1) is 24.0 Å². The SMILES string of the molecule is Cc1nn(Cc2cccc(C(=O)NCc3ccco3)c2)c(C)c1[N+](=O)[O-]. The van der Waals surface area contributed by atoms with Crippen molar-refractivity contribution in [2.24, 2.45) is 0 Å². The molecule has 0 bridgehead atoms. The molecule has 2 heterocycles. The molecule has 2 aromatic heterocycles. The predicted molar refractivity (Wildman–Crippen MR) is 93.8 cm³/mol. The van der Waals surface area contributed by atoms with Crippen LogP contribution < -0.4 is 5.32 Å². The number of rotatable bonds is 6. The Morgan fingerprint density at radius 2 is 2.12 bits per heavy atom. The van der Waals surface area contributed by atoms with Crippen molar-refractivity contribution in [3.05, 3.63) is 81.1 Å². The minimum atomic E-state index is -0.424. The van der Waals surface area contributed by atoms with Gasteiger partial charge in [-0.3, -0.25) is 19.6 Å². The van der Waals surface area contributed by atoms with E-state index in [1.54, 1.807) is 55.1 Å². The quantitative estimate of drug-likeness (QED) is 0.541. The van der Waals surface area contributed by atoms with Gasteiger partial charge in [0.1, 0.15) is 17.1 Å². The third-order valence-corrected chi connectivity index (χ3v) is 4.05. The lowest BCUT2D eigenvalue weighted by Crippen LogP contribution is -2.22. The molecule has 0 saturated carbocycles. The monoisotopic (exact) mass is 354 g/mol. The molecule has 1 N–H and O–H groups in total. The Morgan fingerprint density at radius 3 is 2.77 bits per heavy atom. The van der Waals surface area contributed by atoms with Crippen LogP contribution in [-0.2, 0) is 13.1 Å². The maximum atomic E-state index is 12.3. The summed E-state index contributed by atoms with van der Waals surface area (Å²) in [6.45, 7) is 3.93. The van der Waals surface area contributed by atoms with Gasteiger partial charge in [-0.2, -0.15) is 5.10 Å². The minimum absolute atomic E-state index is 0.0253. The Balaban J connectivity index is 1.74. The summed E-state index contributed by atoms with van der Waals surface area (Å²) in [5.74, 6) is 0.451. The maximum absolute atomic E-state index is 12.3. The van der Waals surface area contributed by atoms with Gasteiger partial charge in [0.25, 0.3) is 5.91 Å². The number of carbonyl (C=O) groups excluding carboxylic acids is 1. The highest BCUT2D eigenvalue weighted by atomic mass is 16.6. The predicted octanol–water partition coefficient (Wildman–Crippen LogP) is 2.98. The second-order valence-electron chi connectivity index (χ2n) is 5.90. The smallest absolute Gasteiger partial charge is 0.312 e. The highest BCUT2D eigenvalue weighted by molar-refractivity contribution is 5.94. The largest absolute Gasteiger partial charge is 0.467 e. The van der Waals surface area contributed by atoms with Crippen molar-refractivity contribution in [2.75, 3.05) is 0 Å². The molecule has 3 aromatic rings. The van der Waals surface area contributed by atoms with Crippen LogP contribution in [0.25, 0.3) is 0 Å². The van der Waals surface area contributed by atoms with E-state index in [0.29, 0.717) is 35.8 Å². The first-order valence-corrected chi connectivity index (χ1v) is 8.03. The number of aromatic nitrogens is 2. The van der Waals surface area contributed by atoms with E-state index in [4.69, 9.17) is 4.42 Å². The molecular weight excluding hydrogens is 336 g/mol. The molecule has 0 atom stereocenters. The Morgan fingerprint density at radius 1 is 1.31 bits per heavy atom. The Bertz CT molecular complexity index is 944. The van der Waals surface area contributed by atoms with E-state index in [1.807, 2.05) is 6.07 Å². The van der Waals surface area contributed by atoms with Gasteiger partial charge in [0, 0.05) is 5.56 Å². The second-order valence-corrected chi connectivity index (χ2v) is 5.90. The van der Waals surface area contributed by atoms with Gasteiger partial charge in [-0.1, -0.05) is 12.1 Å². The summed E-state index contributed by atoms with van der Waals surface area (Å²) in [5.41, 5.74) is 2.22. The number of nitrogens with zero attached hydrogens (tertiary/aromatic N) is 3. The van der Waals surface area contributed by atoms with Gasteiger partial charge in [0.05, 0.1) is 24.3 Å². The molecule has 3 rings (SSSR count). The van der Waals surface area contributed by atoms with Crippen LogP contribution in [0.1, 0.15) is 33.1 Å². The Hall–Kier alpha value is -3.42. The normalized spacial score (nSPS) is 10.7. The van der Waals surface area contributed by atoms with Crippen molar-refractivity contribution < 1.29 is 14.1 Å². The van der Waals surface area contributed by atoms with E-state index < -0.39 is 4.92 Å². The number of hydrogen-bond acceptors (Lipinski definition) is 5. The highest BCUT2D eigenvalue weighted by Gasteiger charge is 2.21. The van der Waals surface area contributed by atoms with Crippen LogP contribution in [0.4, 0.5) is 5.69 Å². The van der Waals surface area contributed by atoms with Crippen LogP contribution in [0.15, 0.2) is 47.1 Å². The fourth-order valence-corrected chi connectivity index (χ4v) is 2.77. The van der Waals surface area contributed by atoms with Gasteiger partial charge < -0.3 is 9.73 Å². The molecule has 0 unspecified atom stereocenters. The van der Waals surface area contributed by atoms with Gasteiger partial charge in [-0.15, -0.1) is 0 Å². The molecule has 1 aromatic carbocycles. The first-order valence-electron chi connectivity index (χ1n) is 8.03. The average Bonchev–Trinajstić information content (AvgIpc) is 3.21. The van der Waals surface area contributed by atoms with Crippen LogP contribution in [0.5, 0.6) is 0 Å². The number of amides is 1. The van der Waals surface area contributed by atoms with Gasteiger partial charge in [-0.25, -0.2) is 0 Å². The summed E-state index contributed by atoms with van der Waals surface area (Å²) in [5, 5.41) is 18.1. The number of carbonyl (C=O) groups is 1. The molecule has 0 aliphatic heterocycles. The van der Waals surface area contributed by atoms with Crippen LogP contribution in [0.3, 0.4) is 0 Å². The number of benzene rings is 1. The second kappa shape index (κ2) is 7.22. The molecule has 0 fully saturated rings. The van der Waals surface area contributed by atoms with Gasteiger partial charge in [-0.05, 0) is 43.7 Å². The van der Waals surface area contributed by atoms with E-state index in [1.165, 1.54) is 0 Å². The lowest BCUT2D eigenvalue weighted by Gasteiger charge is -2.07. The van der Waals surface area contributed by atoms with Gasteiger partial charge in [0.15, 0.2) is 0 Å². The molecular formula is C18H18N4O4. The number of furan rings is 1. The average molecular weight is 354 g/mol. The van der Waals surface area contributed by atoms with Crippen LogP contribution >= 0.6 is 0 Å². The Labute approximate surface area is 149 Å². The van der Waals surface area contributed by atoms with E-state index in [9.17, 15) is 14.9 Å². The van der Waals surface area contributed by atoms with Crippen LogP contribution in [-0.4, -0.2) is 20.6 Å². The summed E-state index contributed by atoms with van der Waals surface area (Å²) >= 11 is 0. The van der Waals surface area contributed by atoms with Crippen molar-refractivity contribution in [1.82, 2.24) is 15.1 Å². The van der Waals surface area contributed by atoms with E-state index in [0.717, 1.165) is 5.56 Å². The Kier molecular flexibility index (Phi) is 4.83.